The number of benzene rings is 1. The molecule has 0 amide bonds. The molecule has 13 heavy (non-hydrogen) atoms. The number of ketones is 1. The van der Waals surface area contributed by atoms with Crippen LogP contribution in [-0.2, 0) is 4.79 Å². The molecule has 0 aliphatic carbocycles. The third kappa shape index (κ3) is 2.82. The lowest BCUT2D eigenvalue weighted by atomic mass is 10.1. The minimum absolute atomic E-state index is 0.0452. The molecule has 0 radical (unpaired) electrons. The molecule has 0 N–H and O–H groups in total. The van der Waals surface area contributed by atoms with Gasteiger partial charge in [0.1, 0.15) is 5.78 Å². The summed E-state index contributed by atoms with van der Waals surface area (Å²) in [5, 5.41) is -0.293. The van der Waals surface area contributed by atoms with Gasteiger partial charge in [-0.1, -0.05) is 46.3 Å². The minimum atomic E-state index is -0.309. The van der Waals surface area contributed by atoms with Crippen molar-refractivity contribution >= 4 is 33.3 Å². The summed E-state index contributed by atoms with van der Waals surface area (Å²) in [6.07, 6.45) is 0. The van der Waals surface area contributed by atoms with E-state index in [-0.39, 0.29) is 16.0 Å². The van der Waals surface area contributed by atoms with Crippen LogP contribution in [0.5, 0.6) is 0 Å². The molecule has 1 aromatic carbocycles. The Kier molecular flexibility index (Phi) is 3.94. The zero-order valence-corrected chi connectivity index (χ0v) is 9.55. The van der Waals surface area contributed by atoms with Gasteiger partial charge < -0.3 is 0 Å². The Hall–Kier alpha value is -0.340. The highest BCUT2D eigenvalue weighted by atomic mass is 79.9. The molecule has 2 atom stereocenters. The van der Waals surface area contributed by atoms with E-state index in [0.29, 0.717) is 0 Å². The predicted molar refractivity (Wildman–Crippen MR) is 58.4 cm³/mol. The number of carbonyl (C=O) groups excluding carboxylic acids is 1. The Morgan fingerprint density at radius 2 is 1.92 bits per heavy atom. The van der Waals surface area contributed by atoms with E-state index in [2.05, 4.69) is 15.9 Å². The summed E-state index contributed by atoms with van der Waals surface area (Å²) in [5.41, 5.74) is 0.959. The number of rotatable bonds is 3. The standard InChI is InChI=1S/C10H10BrClO/c1-7(13)9(11)10(12)8-5-3-2-4-6-8/h2-6,9-10H,1H3/t9-,10+/m0/s1. The van der Waals surface area contributed by atoms with Crippen molar-refractivity contribution in [3.05, 3.63) is 35.9 Å². The number of alkyl halides is 2. The molecule has 0 aliphatic rings. The monoisotopic (exact) mass is 260 g/mol. The van der Waals surface area contributed by atoms with Crippen molar-refractivity contribution in [2.24, 2.45) is 0 Å². The fourth-order valence-corrected chi connectivity index (χ4v) is 1.64. The van der Waals surface area contributed by atoms with Crippen LogP contribution in [0, 0.1) is 0 Å². The van der Waals surface area contributed by atoms with Crippen LogP contribution in [0.15, 0.2) is 30.3 Å². The smallest absolute Gasteiger partial charge is 0.145 e. The highest BCUT2D eigenvalue weighted by Gasteiger charge is 2.21. The summed E-state index contributed by atoms with van der Waals surface area (Å²) < 4.78 is 0. The minimum Gasteiger partial charge on any atom is -0.299 e. The molecule has 3 heteroatoms. The van der Waals surface area contributed by atoms with Crippen molar-refractivity contribution in [2.75, 3.05) is 0 Å². The summed E-state index contributed by atoms with van der Waals surface area (Å²) in [6.45, 7) is 1.53. The van der Waals surface area contributed by atoms with Crippen LogP contribution in [0.3, 0.4) is 0 Å². The third-order valence-electron chi connectivity index (χ3n) is 1.76. The van der Waals surface area contributed by atoms with Crippen LogP contribution in [-0.4, -0.2) is 10.6 Å². The zero-order valence-electron chi connectivity index (χ0n) is 7.21. The number of Topliss-reactive ketones (excluding diaryl/α,β-unsaturated/α-hetero) is 1. The molecule has 0 heterocycles. The zero-order chi connectivity index (χ0) is 9.84. The van der Waals surface area contributed by atoms with E-state index in [1.54, 1.807) is 0 Å². The van der Waals surface area contributed by atoms with Gasteiger partial charge in [-0.25, -0.2) is 0 Å². The fraction of sp³-hybridized carbons (Fsp3) is 0.300. The lowest BCUT2D eigenvalue weighted by Gasteiger charge is -2.13. The van der Waals surface area contributed by atoms with E-state index in [1.807, 2.05) is 30.3 Å². The molecule has 0 unspecified atom stereocenters. The van der Waals surface area contributed by atoms with Crippen LogP contribution in [0.4, 0.5) is 0 Å². The molecule has 0 bridgehead atoms. The maximum atomic E-state index is 11.0. The normalized spacial score (nSPS) is 15.0. The molecule has 0 fully saturated rings. The predicted octanol–water partition coefficient (Wildman–Crippen LogP) is 3.32. The second-order valence-electron chi connectivity index (χ2n) is 2.82. The number of carbonyl (C=O) groups is 1. The molecule has 1 nitrogen and oxygen atoms in total. The summed E-state index contributed by atoms with van der Waals surface area (Å²) >= 11 is 9.35. The topological polar surface area (TPSA) is 17.1 Å². The second-order valence-corrected chi connectivity index (χ2v) is 4.28. The maximum absolute atomic E-state index is 11.0. The van der Waals surface area contributed by atoms with Crippen molar-refractivity contribution < 1.29 is 4.79 Å². The molecule has 0 aliphatic heterocycles. The van der Waals surface area contributed by atoms with E-state index >= 15 is 0 Å². The van der Waals surface area contributed by atoms with Crippen LogP contribution in [0.25, 0.3) is 0 Å². The third-order valence-corrected chi connectivity index (χ3v) is 3.75. The lowest BCUT2D eigenvalue weighted by Crippen LogP contribution is -2.15. The van der Waals surface area contributed by atoms with Gasteiger partial charge in [0, 0.05) is 0 Å². The van der Waals surface area contributed by atoms with Crippen LogP contribution in [0.1, 0.15) is 17.9 Å². The Labute approximate surface area is 91.2 Å². The fourth-order valence-electron chi connectivity index (χ4n) is 1.01. The Balaban J connectivity index is 2.79. The van der Waals surface area contributed by atoms with Crippen molar-refractivity contribution in [1.29, 1.82) is 0 Å². The summed E-state index contributed by atoms with van der Waals surface area (Å²) in [4.78, 5) is 10.7. The first-order valence-electron chi connectivity index (χ1n) is 3.96. The van der Waals surface area contributed by atoms with Gasteiger partial charge in [-0.05, 0) is 12.5 Å². The first-order valence-corrected chi connectivity index (χ1v) is 5.31. The van der Waals surface area contributed by atoms with Gasteiger partial charge in [-0.15, -0.1) is 11.6 Å². The van der Waals surface area contributed by atoms with Crippen LogP contribution in [0.2, 0.25) is 0 Å². The van der Waals surface area contributed by atoms with E-state index in [1.165, 1.54) is 6.92 Å². The summed E-state index contributed by atoms with van der Waals surface area (Å²) in [6, 6.07) is 9.56. The second kappa shape index (κ2) is 4.77. The van der Waals surface area contributed by atoms with Crippen molar-refractivity contribution in [1.82, 2.24) is 0 Å². The first kappa shape index (κ1) is 10.7. The quantitative estimate of drug-likeness (QED) is 0.763. The largest absolute Gasteiger partial charge is 0.299 e. The number of hydrogen-bond donors (Lipinski definition) is 0. The van der Waals surface area contributed by atoms with Gasteiger partial charge >= 0.3 is 0 Å². The number of halogens is 2. The average molecular weight is 262 g/mol. The molecular formula is C10H10BrClO. The van der Waals surface area contributed by atoms with E-state index < -0.39 is 0 Å². The van der Waals surface area contributed by atoms with Gasteiger partial charge in [-0.2, -0.15) is 0 Å². The van der Waals surface area contributed by atoms with Gasteiger partial charge in [0.2, 0.25) is 0 Å². The van der Waals surface area contributed by atoms with Gasteiger partial charge in [0.25, 0.3) is 0 Å². The van der Waals surface area contributed by atoms with Gasteiger partial charge in [0.05, 0.1) is 10.2 Å². The summed E-state index contributed by atoms with van der Waals surface area (Å²) in [7, 11) is 0. The molecule has 1 rings (SSSR count). The van der Waals surface area contributed by atoms with Crippen LogP contribution >= 0.6 is 27.5 Å². The van der Waals surface area contributed by atoms with Crippen molar-refractivity contribution in [3.63, 3.8) is 0 Å². The maximum Gasteiger partial charge on any atom is 0.145 e. The lowest BCUT2D eigenvalue weighted by molar-refractivity contribution is -0.116. The first-order chi connectivity index (χ1) is 6.13. The van der Waals surface area contributed by atoms with Crippen molar-refractivity contribution in [2.45, 2.75) is 17.1 Å². The molecule has 70 valence electrons. The van der Waals surface area contributed by atoms with Crippen molar-refractivity contribution in [3.8, 4) is 0 Å². The highest BCUT2D eigenvalue weighted by Crippen LogP contribution is 2.29. The van der Waals surface area contributed by atoms with Gasteiger partial charge in [0.15, 0.2) is 0 Å². The number of hydrogen-bond acceptors (Lipinski definition) is 1. The average Bonchev–Trinajstić information content (AvgIpc) is 2.17. The molecular weight excluding hydrogens is 251 g/mol. The SMILES string of the molecule is CC(=O)[C@H](Br)[C@H](Cl)c1ccccc1. The Morgan fingerprint density at radius 1 is 1.38 bits per heavy atom. The molecule has 0 aromatic heterocycles. The Morgan fingerprint density at radius 3 is 2.38 bits per heavy atom. The molecule has 0 saturated heterocycles. The van der Waals surface area contributed by atoms with Gasteiger partial charge in [-0.3, -0.25) is 4.79 Å². The molecule has 0 spiro atoms. The van der Waals surface area contributed by atoms with E-state index in [0.717, 1.165) is 5.56 Å². The van der Waals surface area contributed by atoms with E-state index in [9.17, 15) is 4.79 Å². The molecule has 1 aromatic rings. The Bertz CT molecular complexity index is 286. The molecule has 0 saturated carbocycles. The van der Waals surface area contributed by atoms with Crippen LogP contribution < -0.4 is 0 Å². The highest BCUT2D eigenvalue weighted by molar-refractivity contribution is 9.10. The summed E-state index contributed by atoms with van der Waals surface area (Å²) in [5.74, 6) is 0.0452. The van der Waals surface area contributed by atoms with E-state index in [4.69, 9.17) is 11.6 Å².